The molecule has 0 amide bonds. The summed E-state index contributed by atoms with van der Waals surface area (Å²) in [6.07, 6.45) is 0.892. The molecule has 3 rings (SSSR count). The van der Waals surface area contributed by atoms with Crippen LogP contribution in [0.4, 0.5) is 0 Å². The quantitative estimate of drug-likeness (QED) is 0.908. The Hall–Kier alpha value is -1.11. The highest BCUT2D eigenvalue weighted by atomic mass is 79.9. The number of aliphatic carboxylic acids is 1. The molecule has 6 heteroatoms. The second kappa shape index (κ2) is 5.35. The molecular weight excluding hydrogens is 342 g/mol. The van der Waals surface area contributed by atoms with Gasteiger partial charge in [0.1, 0.15) is 11.8 Å². The molecule has 20 heavy (non-hydrogen) atoms. The van der Waals surface area contributed by atoms with Crippen LogP contribution in [0.25, 0.3) is 0 Å². The van der Waals surface area contributed by atoms with Crippen molar-refractivity contribution in [3.05, 3.63) is 44.4 Å². The van der Waals surface area contributed by atoms with Gasteiger partial charge in [-0.2, -0.15) is 0 Å². The molecule has 0 aliphatic carbocycles. The van der Waals surface area contributed by atoms with E-state index in [4.69, 9.17) is 4.42 Å². The van der Waals surface area contributed by atoms with Crippen LogP contribution in [0, 0.1) is 0 Å². The van der Waals surface area contributed by atoms with E-state index >= 15 is 0 Å². The Labute approximate surface area is 129 Å². The van der Waals surface area contributed by atoms with Crippen LogP contribution >= 0.6 is 27.3 Å². The molecule has 0 aromatic carbocycles. The molecular formula is C14H14BrNO3S. The van der Waals surface area contributed by atoms with E-state index in [9.17, 15) is 9.90 Å². The minimum absolute atomic E-state index is 0.0737. The minimum atomic E-state index is -0.804. The minimum Gasteiger partial charge on any atom is -0.480 e. The number of furan rings is 1. The lowest BCUT2D eigenvalue weighted by molar-refractivity contribution is -0.145. The SMILES string of the molecule is CC(c1ccc(Br)o1)N1CCc2sccc2C1C(=O)O. The molecule has 3 heterocycles. The molecule has 2 atom stereocenters. The van der Waals surface area contributed by atoms with Gasteiger partial charge >= 0.3 is 5.97 Å². The van der Waals surface area contributed by atoms with Crippen LogP contribution in [-0.2, 0) is 11.2 Å². The predicted octanol–water partition coefficient (Wildman–Crippen LogP) is 3.85. The number of rotatable bonds is 3. The molecule has 0 radical (unpaired) electrons. The molecule has 0 bridgehead atoms. The normalized spacial score (nSPS) is 20.6. The lowest BCUT2D eigenvalue weighted by Gasteiger charge is -2.36. The highest BCUT2D eigenvalue weighted by Crippen LogP contribution is 2.39. The summed E-state index contributed by atoms with van der Waals surface area (Å²) in [6, 6.07) is 4.98. The zero-order chi connectivity index (χ0) is 14.3. The summed E-state index contributed by atoms with van der Waals surface area (Å²) in [6.45, 7) is 2.71. The number of halogens is 1. The van der Waals surface area contributed by atoms with Gasteiger partial charge in [0.05, 0.1) is 6.04 Å². The van der Waals surface area contributed by atoms with Crippen molar-refractivity contribution in [1.29, 1.82) is 0 Å². The molecule has 0 saturated carbocycles. The molecule has 4 nitrogen and oxygen atoms in total. The molecule has 0 spiro atoms. The standard InChI is InChI=1S/C14H14BrNO3S/c1-8(10-2-3-12(15)19-10)16-6-4-11-9(5-7-20-11)13(16)14(17)18/h2-3,5,7-8,13H,4,6H2,1H3,(H,17,18). The average molecular weight is 356 g/mol. The summed E-state index contributed by atoms with van der Waals surface area (Å²) < 4.78 is 6.25. The van der Waals surface area contributed by atoms with Gasteiger partial charge in [0.2, 0.25) is 0 Å². The summed E-state index contributed by atoms with van der Waals surface area (Å²) in [7, 11) is 0. The number of thiophene rings is 1. The monoisotopic (exact) mass is 355 g/mol. The van der Waals surface area contributed by atoms with Crippen LogP contribution in [0.3, 0.4) is 0 Å². The smallest absolute Gasteiger partial charge is 0.325 e. The lowest BCUT2D eigenvalue weighted by Crippen LogP contribution is -2.40. The fourth-order valence-corrected chi connectivity index (χ4v) is 3.97. The van der Waals surface area contributed by atoms with Gasteiger partial charge in [0.25, 0.3) is 0 Å². The number of carboxylic acid groups (broad SMARTS) is 1. The van der Waals surface area contributed by atoms with Crippen LogP contribution in [0.5, 0.6) is 0 Å². The van der Waals surface area contributed by atoms with Crippen LogP contribution < -0.4 is 0 Å². The van der Waals surface area contributed by atoms with Crippen LogP contribution in [0.2, 0.25) is 0 Å². The average Bonchev–Trinajstić information content (AvgIpc) is 3.04. The first-order valence-electron chi connectivity index (χ1n) is 6.38. The van der Waals surface area contributed by atoms with E-state index in [-0.39, 0.29) is 6.04 Å². The molecule has 1 aliphatic rings. The highest BCUT2D eigenvalue weighted by molar-refractivity contribution is 9.10. The fourth-order valence-electron chi connectivity index (χ4n) is 2.74. The summed E-state index contributed by atoms with van der Waals surface area (Å²) in [5.41, 5.74) is 0.922. The molecule has 2 aromatic rings. The first-order chi connectivity index (χ1) is 9.58. The third-order valence-corrected chi connectivity index (χ3v) is 5.16. The summed E-state index contributed by atoms with van der Waals surface area (Å²) >= 11 is 4.93. The Kier molecular flexibility index (Phi) is 3.70. The maximum Gasteiger partial charge on any atom is 0.325 e. The van der Waals surface area contributed by atoms with Crippen molar-refractivity contribution < 1.29 is 14.3 Å². The second-order valence-electron chi connectivity index (χ2n) is 4.85. The molecule has 1 aliphatic heterocycles. The van der Waals surface area contributed by atoms with E-state index in [0.29, 0.717) is 4.67 Å². The van der Waals surface area contributed by atoms with Gasteiger partial charge in [-0.05, 0) is 58.4 Å². The van der Waals surface area contributed by atoms with Crippen molar-refractivity contribution >= 4 is 33.2 Å². The lowest BCUT2D eigenvalue weighted by atomic mass is 9.97. The number of carbonyl (C=O) groups is 1. The van der Waals surface area contributed by atoms with Gasteiger partial charge in [-0.3, -0.25) is 9.69 Å². The van der Waals surface area contributed by atoms with Crippen molar-refractivity contribution in [1.82, 2.24) is 4.90 Å². The van der Waals surface area contributed by atoms with Crippen LogP contribution in [0.1, 0.15) is 35.2 Å². The Morgan fingerprint density at radius 1 is 1.55 bits per heavy atom. The molecule has 0 saturated heterocycles. The van der Waals surface area contributed by atoms with Gasteiger partial charge in [-0.25, -0.2) is 0 Å². The van der Waals surface area contributed by atoms with Crippen LogP contribution in [0.15, 0.2) is 32.7 Å². The van der Waals surface area contributed by atoms with Gasteiger partial charge < -0.3 is 9.52 Å². The first-order valence-corrected chi connectivity index (χ1v) is 8.05. The third-order valence-electron chi connectivity index (χ3n) is 3.74. The number of nitrogens with zero attached hydrogens (tertiary/aromatic N) is 1. The molecule has 1 N–H and O–H groups in total. The van der Waals surface area contributed by atoms with E-state index in [2.05, 4.69) is 15.9 Å². The van der Waals surface area contributed by atoms with E-state index in [0.717, 1.165) is 24.3 Å². The van der Waals surface area contributed by atoms with E-state index < -0.39 is 12.0 Å². The number of hydrogen-bond donors (Lipinski definition) is 1. The maximum atomic E-state index is 11.7. The summed E-state index contributed by atoms with van der Waals surface area (Å²) in [5, 5.41) is 11.6. The first kappa shape index (κ1) is 13.9. The Morgan fingerprint density at radius 2 is 2.35 bits per heavy atom. The van der Waals surface area contributed by atoms with Crippen LogP contribution in [-0.4, -0.2) is 22.5 Å². The van der Waals surface area contributed by atoms with E-state index in [1.54, 1.807) is 11.3 Å². The summed E-state index contributed by atoms with van der Waals surface area (Å²) in [4.78, 5) is 14.9. The fraction of sp³-hybridized carbons (Fsp3) is 0.357. The summed E-state index contributed by atoms with van der Waals surface area (Å²) in [5.74, 6) is -0.0244. The topological polar surface area (TPSA) is 53.7 Å². The largest absolute Gasteiger partial charge is 0.480 e. The van der Waals surface area contributed by atoms with Crippen molar-refractivity contribution in [2.24, 2.45) is 0 Å². The van der Waals surface area contributed by atoms with Gasteiger partial charge in [-0.1, -0.05) is 0 Å². The Morgan fingerprint density at radius 3 is 3.00 bits per heavy atom. The van der Waals surface area contributed by atoms with Gasteiger partial charge in [0, 0.05) is 11.4 Å². The number of carboxylic acids is 1. The maximum absolute atomic E-state index is 11.7. The van der Waals surface area contributed by atoms with Gasteiger partial charge in [0.15, 0.2) is 4.67 Å². The molecule has 2 unspecified atom stereocenters. The molecule has 0 fully saturated rings. The molecule has 106 valence electrons. The van der Waals surface area contributed by atoms with Crippen molar-refractivity contribution in [3.63, 3.8) is 0 Å². The zero-order valence-corrected chi connectivity index (χ0v) is 13.3. The van der Waals surface area contributed by atoms with E-state index in [1.807, 2.05) is 35.4 Å². The second-order valence-corrected chi connectivity index (χ2v) is 6.63. The van der Waals surface area contributed by atoms with Crippen molar-refractivity contribution in [3.8, 4) is 0 Å². The van der Waals surface area contributed by atoms with Crippen molar-refractivity contribution in [2.45, 2.75) is 25.4 Å². The Bertz CT molecular complexity index is 636. The molecule has 2 aromatic heterocycles. The van der Waals surface area contributed by atoms with E-state index in [1.165, 1.54) is 4.88 Å². The van der Waals surface area contributed by atoms with Crippen molar-refractivity contribution in [2.75, 3.05) is 6.54 Å². The number of fused-ring (bicyclic) bond motifs is 1. The highest BCUT2D eigenvalue weighted by Gasteiger charge is 2.37. The predicted molar refractivity (Wildman–Crippen MR) is 79.9 cm³/mol. The Balaban J connectivity index is 1.95. The zero-order valence-electron chi connectivity index (χ0n) is 10.9. The van der Waals surface area contributed by atoms with Gasteiger partial charge in [-0.15, -0.1) is 11.3 Å². The number of hydrogen-bond acceptors (Lipinski definition) is 4. The third kappa shape index (κ3) is 2.32.